The van der Waals surface area contributed by atoms with Crippen LogP contribution in [0, 0.1) is 54.4 Å². The number of rotatable bonds is 9. The first kappa shape index (κ1) is 44.6. The number of nitrogens with zero attached hydrogens (tertiary/aromatic N) is 5. The van der Waals surface area contributed by atoms with Gasteiger partial charge in [-0.3, -0.25) is 0 Å². The predicted octanol–water partition coefficient (Wildman–Crippen LogP) is 15.9. The molecule has 0 aliphatic rings. The summed E-state index contributed by atoms with van der Waals surface area (Å²) in [5, 5.41) is 0. The van der Waals surface area contributed by atoms with Crippen LogP contribution < -0.4 is 22.8 Å². The molecule has 0 bridgehead atoms. The van der Waals surface area contributed by atoms with Gasteiger partial charge in [-0.2, -0.15) is 0 Å². The highest BCUT2D eigenvalue weighted by Gasteiger charge is 2.16. The Bertz CT molecular complexity index is 4130. The van der Waals surface area contributed by atoms with Gasteiger partial charge in [-0.15, -0.1) is 0 Å². The van der Waals surface area contributed by atoms with Crippen LogP contribution in [-0.2, 0) is 48.1 Å². The Morgan fingerprint density at radius 3 is 1.06 bits per heavy atom. The molecular weight excluding hydrogens is 983 g/mol. The molecule has 5 heteroatoms. The first-order valence-corrected chi connectivity index (χ1v) is 27.4. The Balaban J connectivity index is 0.000000190. The Morgan fingerprint density at radius 1 is 0.358 bits per heavy atom. The molecule has 5 heterocycles. The molecule has 1 unspecified atom stereocenters. The van der Waals surface area contributed by atoms with E-state index in [0.29, 0.717) is 11.1 Å². The minimum atomic E-state index is -2.91. The molecule has 5 aromatic heterocycles. The highest BCUT2D eigenvalue weighted by Crippen LogP contribution is 2.27. The molecule has 0 amide bonds. The number of benzene rings is 5. The summed E-state index contributed by atoms with van der Waals surface area (Å²) in [6.45, 7) is 5.80. The second-order valence-electron chi connectivity index (χ2n) is 20.9. The summed E-state index contributed by atoms with van der Waals surface area (Å²) in [5.74, 6) is -4.14. The van der Waals surface area contributed by atoms with Gasteiger partial charge in [-0.1, -0.05) is 106 Å². The van der Waals surface area contributed by atoms with Crippen LogP contribution in [0.2, 0.25) is 0 Å². The van der Waals surface area contributed by atoms with Crippen molar-refractivity contribution < 1.29 is 42.0 Å². The normalized spacial score (nSPS) is 14.6. The minimum Gasteiger partial charge on any atom is -0.201 e. The van der Waals surface area contributed by atoms with Gasteiger partial charge in [0.25, 0.3) is 0 Å². The fraction of sp³-hybridized carbons (Fsp3) is 0.276. The summed E-state index contributed by atoms with van der Waals surface area (Å²) < 4.78 is 116. The monoisotopic (exact) mass is 1090 g/mol. The van der Waals surface area contributed by atoms with E-state index in [2.05, 4.69) is 147 Å². The van der Waals surface area contributed by atoms with E-state index in [0.717, 1.165) is 56.0 Å². The maximum absolute atomic E-state index is 8.17. The number of pyridine rings is 5. The van der Waals surface area contributed by atoms with Crippen LogP contribution in [0.15, 0.2) is 213 Å². The van der Waals surface area contributed by atoms with Gasteiger partial charge in [-0.05, 0) is 178 Å². The Labute approximate surface area is 507 Å². The molecular formula is C76H92N5+5. The van der Waals surface area contributed by atoms with Gasteiger partial charge in [0.15, 0.2) is 31.0 Å². The van der Waals surface area contributed by atoms with E-state index in [4.69, 9.17) is 19.2 Å². The third kappa shape index (κ3) is 17.4. The second kappa shape index (κ2) is 29.9. The predicted molar refractivity (Wildman–Crippen MR) is 340 cm³/mol. The van der Waals surface area contributed by atoms with Crippen molar-refractivity contribution in [2.45, 2.75) is 102 Å². The topological polar surface area (TPSA) is 19.4 Å². The van der Waals surface area contributed by atoms with Crippen LogP contribution in [0.25, 0.3) is 56.3 Å². The van der Waals surface area contributed by atoms with Crippen molar-refractivity contribution in [3.05, 3.63) is 269 Å². The molecule has 0 N–H and O–H groups in total. The van der Waals surface area contributed by atoms with Crippen LogP contribution in [0.4, 0.5) is 0 Å². The Kier molecular flexibility index (Phi) is 16.4. The zero-order valence-electron chi connectivity index (χ0n) is 63.9. The molecule has 0 saturated carbocycles. The molecule has 1 atom stereocenters. The van der Waals surface area contributed by atoms with E-state index in [1.165, 1.54) is 51.7 Å². The maximum Gasteiger partial charge on any atom is 0.212 e. The number of hydrogen-bond donors (Lipinski definition) is 0. The van der Waals surface area contributed by atoms with E-state index in [-0.39, 0.29) is 12.8 Å². The van der Waals surface area contributed by atoms with Crippen LogP contribution in [-0.4, -0.2) is 0 Å². The summed E-state index contributed by atoms with van der Waals surface area (Å²) in [4.78, 5) is 0. The smallest absolute Gasteiger partial charge is 0.201 e. The summed E-state index contributed by atoms with van der Waals surface area (Å²) in [6, 6.07) is 60.2. The van der Waals surface area contributed by atoms with Crippen LogP contribution >= 0.6 is 0 Å². The fourth-order valence-electron chi connectivity index (χ4n) is 9.67. The summed E-state index contributed by atoms with van der Waals surface area (Å²) in [6.07, 6.45) is 9.83. The first-order chi connectivity index (χ1) is 44.2. The SMILES string of the molecule is Cc1ccc(C)c(-c2cccc[n+]2C)c1.Cc1ccc(C)c(-c2cccc[n+]2C)c1.[2H]C([2H])([2H])C([2H])(C)c1ccc(-c2cccc[n+]2C)c(C)c1.[2H]C([2H])([2H])C([2H])(Cc1ccc(-c2cccc[n+]2C)c(C)c1)C([2H])([2H])[2H].[2H]C([2H])([2H])Cc1ccc(-c2cccc[n+]2C)c(C)c1. The molecule has 0 radical (unpaired) electrons. The van der Waals surface area contributed by atoms with Crippen molar-refractivity contribution in [3.8, 4) is 56.3 Å². The molecule has 81 heavy (non-hydrogen) atoms. The standard InChI is InChI=1S/C17H22N.C16H20N.C15H18N.2C14H16N/c1-13(2)11-15-8-9-16(14(3)12-15)17-7-5-6-10-18(17)4;1-12(2)14-8-9-15(13(3)11-14)16-7-5-6-10-17(16)4;1-4-13-8-9-14(12(2)11-13)15-7-5-6-10-16(15)3;2*1-11-7-8-12(2)13(10-11)14-6-4-5-9-15(14)3/h5-10,12-13H,11H2,1-4H3;5-12H,1-4H3;5-11H,4H2,1-3H3;2*4-10H,1-3H3/q5*+1/i1D3,2D3,13D;1D3,12D;1D3;;. The van der Waals surface area contributed by atoms with Gasteiger partial charge >= 0.3 is 0 Å². The van der Waals surface area contributed by atoms with Crippen molar-refractivity contribution >= 4 is 0 Å². The Morgan fingerprint density at radius 2 is 0.716 bits per heavy atom. The molecule has 5 aromatic carbocycles. The van der Waals surface area contributed by atoms with Gasteiger partial charge in [0.05, 0.1) is 0 Å². The highest BCUT2D eigenvalue weighted by molar-refractivity contribution is 5.65. The molecule has 5 nitrogen and oxygen atoms in total. The Hall–Kier alpha value is -8.15. The van der Waals surface area contributed by atoms with Crippen molar-refractivity contribution in [2.75, 3.05) is 0 Å². The molecule has 0 saturated heterocycles. The summed E-state index contributed by atoms with van der Waals surface area (Å²) in [7, 11) is 10.1. The van der Waals surface area contributed by atoms with Crippen LogP contribution in [0.5, 0.6) is 0 Å². The van der Waals surface area contributed by atoms with Crippen LogP contribution in [0.3, 0.4) is 0 Å². The third-order valence-corrected chi connectivity index (χ3v) is 14.3. The molecule has 0 fully saturated rings. The lowest BCUT2D eigenvalue weighted by Gasteiger charge is -2.09. The van der Waals surface area contributed by atoms with Gasteiger partial charge in [-0.25, -0.2) is 22.8 Å². The summed E-state index contributed by atoms with van der Waals surface area (Å²) in [5.41, 5.74) is 21.6. The zero-order valence-corrected chi connectivity index (χ0v) is 49.9. The first-order valence-electron chi connectivity index (χ1n) is 34.4. The van der Waals surface area contributed by atoms with Gasteiger partial charge in [0.2, 0.25) is 28.5 Å². The molecule has 0 aliphatic carbocycles. The lowest BCUT2D eigenvalue weighted by Crippen LogP contribution is -2.30. The van der Waals surface area contributed by atoms with E-state index < -0.39 is 39.2 Å². The molecule has 0 spiro atoms. The fourth-order valence-corrected chi connectivity index (χ4v) is 9.67. The number of hydrogen-bond acceptors (Lipinski definition) is 0. The van der Waals surface area contributed by atoms with Gasteiger partial charge < -0.3 is 0 Å². The molecule has 0 aliphatic heterocycles. The largest absolute Gasteiger partial charge is 0.212 e. The minimum absolute atomic E-state index is 0.120. The summed E-state index contributed by atoms with van der Waals surface area (Å²) >= 11 is 0. The molecule has 10 aromatic rings. The third-order valence-electron chi connectivity index (χ3n) is 14.3. The lowest BCUT2D eigenvalue weighted by molar-refractivity contribution is -0.660. The van der Waals surface area contributed by atoms with E-state index in [1.54, 1.807) is 18.2 Å². The average molecular weight is 1090 g/mol. The van der Waals surface area contributed by atoms with E-state index in [9.17, 15) is 0 Å². The second-order valence-corrected chi connectivity index (χ2v) is 20.9. The zero-order chi connectivity index (χ0) is 70.6. The van der Waals surface area contributed by atoms with Crippen molar-refractivity contribution in [3.63, 3.8) is 0 Å². The van der Waals surface area contributed by atoms with Crippen molar-refractivity contribution in [1.82, 2.24) is 0 Å². The van der Waals surface area contributed by atoms with Gasteiger partial charge in [0.1, 0.15) is 35.2 Å². The molecule has 10 rings (SSSR count). The van der Waals surface area contributed by atoms with E-state index >= 15 is 0 Å². The average Bonchev–Trinajstić information content (AvgIpc) is 0.778. The highest BCUT2D eigenvalue weighted by atomic mass is 14.9. The van der Waals surface area contributed by atoms with Gasteiger partial charge in [0, 0.05) is 108 Å². The quantitative estimate of drug-likeness (QED) is 0.128. The van der Waals surface area contributed by atoms with Crippen molar-refractivity contribution in [1.29, 1.82) is 0 Å². The van der Waals surface area contributed by atoms with E-state index in [1.807, 2.05) is 155 Å². The number of aromatic nitrogens is 5. The van der Waals surface area contributed by atoms with Crippen LogP contribution in [0.1, 0.15) is 115 Å². The molecule has 416 valence electrons. The lowest BCUT2D eigenvalue weighted by atomic mass is 9.96. The number of aryl methyl sites for hydroxylation is 13. The maximum atomic E-state index is 8.17. The van der Waals surface area contributed by atoms with Crippen molar-refractivity contribution in [2.24, 2.45) is 41.1 Å².